The van der Waals surface area contributed by atoms with Crippen LogP contribution < -0.4 is 15.8 Å². The van der Waals surface area contributed by atoms with Gasteiger partial charge in [-0.2, -0.15) is 0 Å². The monoisotopic (exact) mass is 236 g/mol. The lowest BCUT2D eigenvalue weighted by molar-refractivity contribution is -0.119. The van der Waals surface area contributed by atoms with Crippen molar-refractivity contribution in [2.45, 2.75) is 19.8 Å². The highest BCUT2D eigenvalue weighted by Gasteiger charge is 2.13. The van der Waals surface area contributed by atoms with Crippen molar-refractivity contribution < 1.29 is 9.53 Å². The molecule has 0 spiro atoms. The van der Waals surface area contributed by atoms with Crippen LogP contribution in [0.25, 0.3) is 0 Å². The molecular weight excluding hydrogens is 216 g/mol. The third-order valence-corrected chi connectivity index (χ3v) is 2.65. The Morgan fingerprint density at radius 2 is 2.18 bits per heavy atom. The number of carbonyl (C=O) groups is 1. The predicted molar refractivity (Wildman–Crippen MR) is 69.1 cm³/mol. The Morgan fingerprint density at radius 1 is 1.47 bits per heavy atom. The summed E-state index contributed by atoms with van der Waals surface area (Å²) in [6.07, 6.45) is 1.66. The van der Waals surface area contributed by atoms with Crippen LogP contribution in [0.4, 0.5) is 5.69 Å². The molecule has 0 radical (unpaired) electrons. The van der Waals surface area contributed by atoms with Crippen LogP contribution >= 0.6 is 0 Å². The first-order chi connectivity index (χ1) is 8.19. The van der Waals surface area contributed by atoms with Gasteiger partial charge in [-0.1, -0.05) is 19.1 Å². The van der Waals surface area contributed by atoms with E-state index >= 15 is 0 Å². The molecule has 0 fully saturated rings. The van der Waals surface area contributed by atoms with Crippen LogP contribution in [-0.2, 0) is 4.79 Å². The Balaban J connectivity index is 2.61. The molecule has 4 heteroatoms. The first-order valence-electron chi connectivity index (χ1n) is 5.83. The Morgan fingerprint density at radius 3 is 2.82 bits per heavy atom. The van der Waals surface area contributed by atoms with Crippen LogP contribution in [0.1, 0.15) is 19.8 Å². The Hall–Kier alpha value is -1.55. The van der Waals surface area contributed by atoms with E-state index in [-0.39, 0.29) is 11.8 Å². The predicted octanol–water partition coefficient (Wildman–Crippen LogP) is 2.01. The van der Waals surface area contributed by atoms with Gasteiger partial charge in [0.15, 0.2) is 0 Å². The van der Waals surface area contributed by atoms with Crippen molar-refractivity contribution in [2.24, 2.45) is 11.7 Å². The van der Waals surface area contributed by atoms with Gasteiger partial charge in [0.25, 0.3) is 0 Å². The fraction of sp³-hybridized carbons (Fsp3) is 0.462. The van der Waals surface area contributed by atoms with Crippen LogP contribution in [0, 0.1) is 5.92 Å². The van der Waals surface area contributed by atoms with Crippen molar-refractivity contribution in [1.29, 1.82) is 0 Å². The zero-order valence-corrected chi connectivity index (χ0v) is 10.4. The minimum Gasteiger partial charge on any atom is -0.495 e. The molecule has 1 atom stereocenters. The van der Waals surface area contributed by atoms with Gasteiger partial charge in [-0.15, -0.1) is 0 Å². The number of benzene rings is 1. The first-order valence-corrected chi connectivity index (χ1v) is 5.83. The van der Waals surface area contributed by atoms with Gasteiger partial charge in [0.2, 0.25) is 5.91 Å². The molecule has 3 N–H and O–H groups in total. The van der Waals surface area contributed by atoms with Gasteiger partial charge in [-0.3, -0.25) is 4.79 Å². The first kappa shape index (κ1) is 13.5. The molecule has 0 aliphatic carbocycles. The van der Waals surface area contributed by atoms with Crippen molar-refractivity contribution in [2.75, 3.05) is 19.0 Å². The second-order valence-corrected chi connectivity index (χ2v) is 4.02. The molecule has 1 amide bonds. The highest BCUT2D eigenvalue weighted by molar-refractivity contribution is 5.93. The quantitative estimate of drug-likeness (QED) is 0.794. The van der Waals surface area contributed by atoms with Crippen molar-refractivity contribution in [3.05, 3.63) is 24.3 Å². The number of nitrogens with one attached hydrogen (secondary N) is 1. The molecule has 1 rings (SSSR count). The SMILES string of the molecule is COc1ccccc1NC(=O)C(C)CCCN. The summed E-state index contributed by atoms with van der Waals surface area (Å²) >= 11 is 0. The molecule has 0 heterocycles. The number of hydrogen-bond acceptors (Lipinski definition) is 3. The average molecular weight is 236 g/mol. The fourth-order valence-corrected chi connectivity index (χ4v) is 1.56. The molecule has 0 aromatic heterocycles. The third kappa shape index (κ3) is 4.07. The van der Waals surface area contributed by atoms with Gasteiger partial charge in [0.1, 0.15) is 5.75 Å². The lowest BCUT2D eigenvalue weighted by atomic mass is 10.0. The van der Waals surface area contributed by atoms with E-state index in [1.165, 1.54) is 0 Å². The second-order valence-electron chi connectivity index (χ2n) is 4.02. The summed E-state index contributed by atoms with van der Waals surface area (Å²) in [6, 6.07) is 7.38. The average Bonchev–Trinajstić information content (AvgIpc) is 2.36. The molecule has 1 unspecified atom stereocenters. The van der Waals surface area contributed by atoms with E-state index in [0.29, 0.717) is 18.0 Å². The maximum Gasteiger partial charge on any atom is 0.227 e. The van der Waals surface area contributed by atoms with Crippen LogP contribution in [0.3, 0.4) is 0 Å². The van der Waals surface area contributed by atoms with E-state index in [1.807, 2.05) is 31.2 Å². The van der Waals surface area contributed by atoms with Crippen LogP contribution in [-0.4, -0.2) is 19.6 Å². The molecule has 0 saturated heterocycles. The molecule has 0 aliphatic heterocycles. The van der Waals surface area contributed by atoms with Gasteiger partial charge < -0.3 is 15.8 Å². The molecule has 0 saturated carbocycles. The highest BCUT2D eigenvalue weighted by atomic mass is 16.5. The van der Waals surface area contributed by atoms with Crippen molar-refractivity contribution >= 4 is 11.6 Å². The van der Waals surface area contributed by atoms with Gasteiger partial charge >= 0.3 is 0 Å². The standard InChI is InChI=1S/C13H20N2O2/c1-10(6-5-9-14)13(16)15-11-7-3-4-8-12(11)17-2/h3-4,7-8,10H,5-6,9,14H2,1-2H3,(H,15,16). The van der Waals surface area contributed by atoms with Crippen LogP contribution in [0.5, 0.6) is 5.75 Å². The molecule has 1 aromatic rings. The molecule has 4 nitrogen and oxygen atoms in total. The number of anilines is 1. The number of rotatable bonds is 6. The van der Waals surface area contributed by atoms with E-state index in [4.69, 9.17) is 10.5 Å². The van der Waals surface area contributed by atoms with Gasteiger partial charge in [0.05, 0.1) is 12.8 Å². The molecule has 0 bridgehead atoms. The summed E-state index contributed by atoms with van der Waals surface area (Å²) in [5.74, 6) is 0.637. The molecule has 17 heavy (non-hydrogen) atoms. The topological polar surface area (TPSA) is 64.3 Å². The molecule has 0 aliphatic rings. The highest BCUT2D eigenvalue weighted by Crippen LogP contribution is 2.23. The van der Waals surface area contributed by atoms with Crippen molar-refractivity contribution in [1.82, 2.24) is 0 Å². The Bertz CT molecular complexity index is 366. The zero-order chi connectivity index (χ0) is 12.7. The second kappa shape index (κ2) is 6.91. The summed E-state index contributed by atoms with van der Waals surface area (Å²) < 4.78 is 5.17. The van der Waals surface area contributed by atoms with Gasteiger partial charge in [0, 0.05) is 5.92 Å². The van der Waals surface area contributed by atoms with Crippen LogP contribution in [0.15, 0.2) is 24.3 Å². The maximum absolute atomic E-state index is 11.9. The smallest absolute Gasteiger partial charge is 0.227 e. The maximum atomic E-state index is 11.9. The number of nitrogens with two attached hydrogens (primary N) is 1. The zero-order valence-electron chi connectivity index (χ0n) is 10.4. The minimum absolute atomic E-state index is 0.00273. The number of amides is 1. The number of ether oxygens (including phenoxy) is 1. The Kier molecular flexibility index (Phi) is 5.49. The number of carbonyl (C=O) groups excluding carboxylic acids is 1. The fourth-order valence-electron chi connectivity index (χ4n) is 1.56. The summed E-state index contributed by atoms with van der Waals surface area (Å²) in [6.45, 7) is 2.52. The number of hydrogen-bond donors (Lipinski definition) is 2. The summed E-state index contributed by atoms with van der Waals surface area (Å²) in [5.41, 5.74) is 6.13. The van der Waals surface area contributed by atoms with Crippen molar-refractivity contribution in [3.8, 4) is 5.75 Å². The van der Waals surface area contributed by atoms with E-state index < -0.39 is 0 Å². The minimum atomic E-state index is -0.0385. The normalized spacial score (nSPS) is 11.9. The van der Waals surface area contributed by atoms with E-state index in [0.717, 1.165) is 12.8 Å². The molecular formula is C13H20N2O2. The van der Waals surface area contributed by atoms with E-state index in [2.05, 4.69) is 5.32 Å². The number of para-hydroxylation sites is 2. The summed E-state index contributed by atoms with van der Waals surface area (Å²) in [7, 11) is 1.59. The van der Waals surface area contributed by atoms with E-state index in [9.17, 15) is 4.79 Å². The summed E-state index contributed by atoms with van der Waals surface area (Å²) in [5, 5.41) is 2.87. The number of methoxy groups -OCH3 is 1. The van der Waals surface area contributed by atoms with Crippen LogP contribution in [0.2, 0.25) is 0 Å². The molecule has 94 valence electrons. The largest absolute Gasteiger partial charge is 0.495 e. The Labute approximate surface area is 102 Å². The van der Waals surface area contributed by atoms with E-state index in [1.54, 1.807) is 7.11 Å². The lowest BCUT2D eigenvalue weighted by Gasteiger charge is -2.13. The van der Waals surface area contributed by atoms with Gasteiger partial charge in [-0.25, -0.2) is 0 Å². The molecule has 1 aromatic carbocycles. The third-order valence-electron chi connectivity index (χ3n) is 2.65. The lowest BCUT2D eigenvalue weighted by Crippen LogP contribution is -2.21. The summed E-state index contributed by atoms with van der Waals surface area (Å²) in [4.78, 5) is 11.9. The van der Waals surface area contributed by atoms with Gasteiger partial charge in [-0.05, 0) is 31.5 Å². The van der Waals surface area contributed by atoms with Crippen molar-refractivity contribution in [3.63, 3.8) is 0 Å².